The molecule has 0 spiro atoms. The van der Waals surface area contributed by atoms with Crippen LogP contribution in [0.5, 0.6) is 0 Å². The van der Waals surface area contributed by atoms with Crippen molar-refractivity contribution in [3.8, 4) is 11.3 Å². The molecule has 3 aromatic heterocycles. The summed E-state index contributed by atoms with van der Waals surface area (Å²) in [5.41, 5.74) is 4.19. The molecule has 6 nitrogen and oxygen atoms in total. The number of rotatable bonds is 5. The monoisotopic (exact) mass is 297 g/mol. The number of nitrogens with zero attached hydrogens (tertiary/aromatic N) is 5. The molecule has 3 aromatic rings. The van der Waals surface area contributed by atoms with Gasteiger partial charge in [0.1, 0.15) is 5.76 Å². The number of aryl methyl sites for hydroxylation is 2. The molecule has 0 bridgehead atoms. The van der Waals surface area contributed by atoms with Gasteiger partial charge in [-0.15, -0.1) is 0 Å². The van der Waals surface area contributed by atoms with E-state index >= 15 is 0 Å². The van der Waals surface area contributed by atoms with Crippen molar-refractivity contribution in [1.82, 2.24) is 24.8 Å². The maximum absolute atomic E-state index is 5.22. The molecular weight excluding hydrogens is 278 g/mol. The van der Waals surface area contributed by atoms with E-state index in [1.807, 2.05) is 49.1 Å². The molecule has 0 fully saturated rings. The third-order valence-electron chi connectivity index (χ3n) is 3.66. The van der Waals surface area contributed by atoms with Crippen LogP contribution in [0.3, 0.4) is 0 Å². The molecule has 6 heteroatoms. The fourth-order valence-electron chi connectivity index (χ4n) is 2.48. The first-order valence-corrected chi connectivity index (χ1v) is 7.17. The van der Waals surface area contributed by atoms with E-state index in [2.05, 4.69) is 27.2 Å². The first-order valence-electron chi connectivity index (χ1n) is 7.17. The Labute approximate surface area is 129 Å². The lowest BCUT2D eigenvalue weighted by Crippen LogP contribution is -2.23. The van der Waals surface area contributed by atoms with E-state index in [-0.39, 0.29) is 0 Å². The Balaban J connectivity index is 1.76. The van der Waals surface area contributed by atoms with E-state index in [1.54, 1.807) is 6.20 Å². The minimum atomic E-state index is 0.682. The topological polar surface area (TPSA) is 60.0 Å². The van der Waals surface area contributed by atoms with E-state index < -0.39 is 0 Å². The summed E-state index contributed by atoms with van der Waals surface area (Å²) in [6.07, 6.45) is 5.43. The Bertz CT molecular complexity index is 727. The van der Waals surface area contributed by atoms with Gasteiger partial charge in [-0.25, -0.2) is 0 Å². The standard InChI is InChI=1S/C16H19N5O/c1-12-15(13(2)22-19-12)10-20(3)11-21-16(6-8-18-21)14-5-4-7-17-9-14/h4-9H,10-11H2,1-3H3. The number of pyridine rings is 1. The number of hydrogen-bond acceptors (Lipinski definition) is 5. The van der Waals surface area contributed by atoms with Crippen molar-refractivity contribution in [3.63, 3.8) is 0 Å². The molecule has 0 aliphatic carbocycles. The van der Waals surface area contributed by atoms with Crippen molar-refractivity contribution in [3.05, 3.63) is 53.8 Å². The lowest BCUT2D eigenvalue weighted by atomic mass is 10.2. The third kappa shape index (κ3) is 2.92. The fourth-order valence-corrected chi connectivity index (χ4v) is 2.48. The highest BCUT2D eigenvalue weighted by molar-refractivity contribution is 5.57. The Morgan fingerprint density at radius 2 is 2.09 bits per heavy atom. The maximum Gasteiger partial charge on any atom is 0.138 e. The van der Waals surface area contributed by atoms with Gasteiger partial charge in [-0.3, -0.25) is 14.6 Å². The van der Waals surface area contributed by atoms with Crippen LogP contribution in [0.2, 0.25) is 0 Å². The Morgan fingerprint density at radius 1 is 1.23 bits per heavy atom. The summed E-state index contributed by atoms with van der Waals surface area (Å²) < 4.78 is 7.18. The minimum absolute atomic E-state index is 0.682. The van der Waals surface area contributed by atoms with Gasteiger partial charge in [0.05, 0.1) is 18.1 Å². The van der Waals surface area contributed by atoms with E-state index in [0.29, 0.717) is 6.67 Å². The molecule has 3 rings (SSSR count). The zero-order valence-electron chi connectivity index (χ0n) is 13.0. The van der Waals surface area contributed by atoms with Gasteiger partial charge < -0.3 is 4.52 Å². The second-order valence-electron chi connectivity index (χ2n) is 5.42. The van der Waals surface area contributed by atoms with Gasteiger partial charge in [-0.05, 0) is 39.1 Å². The summed E-state index contributed by atoms with van der Waals surface area (Å²) in [6, 6.07) is 5.97. The molecule has 0 radical (unpaired) electrons. The lowest BCUT2D eigenvalue weighted by molar-refractivity contribution is 0.246. The largest absolute Gasteiger partial charge is 0.361 e. The maximum atomic E-state index is 5.22. The average molecular weight is 297 g/mol. The van der Waals surface area contributed by atoms with Crippen LogP contribution >= 0.6 is 0 Å². The molecule has 0 amide bonds. The Hall–Kier alpha value is -2.47. The van der Waals surface area contributed by atoms with Crippen LogP contribution in [0.4, 0.5) is 0 Å². The molecule has 3 heterocycles. The summed E-state index contributed by atoms with van der Waals surface area (Å²) in [5, 5.41) is 8.41. The highest BCUT2D eigenvalue weighted by atomic mass is 16.5. The highest BCUT2D eigenvalue weighted by Crippen LogP contribution is 2.19. The molecule has 0 atom stereocenters. The van der Waals surface area contributed by atoms with Gasteiger partial charge in [-0.2, -0.15) is 5.10 Å². The first-order chi connectivity index (χ1) is 10.6. The van der Waals surface area contributed by atoms with Crippen molar-refractivity contribution in [2.24, 2.45) is 0 Å². The van der Waals surface area contributed by atoms with Gasteiger partial charge in [0, 0.05) is 36.3 Å². The molecule has 0 saturated heterocycles. The van der Waals surface area contributed by atoms with Gasteiger partial charge in [-0.1, -0.05) is 5.16 Å². The molecular formula is C16H19N5O. The number of aromatic nitrogens is 4. The quantitative estimate of drug-likeness (QED) is 0.724. The van der Waals surface area contributed by atoms with E-state index in [1.165, 1.54) is 0 Å². The predicted molar refractivity (Wildman–Crippen MR) is 82.9 cm³/mol. The summed E-state index contributed by atoms with van der Waals surface area (Å²) in [6.45, 7) is 5.36. The Kier molecular flexibility index (Phi) is 4.02. The molecule has 0 N–H and O–H groups in total. The second kappa shape index (κ2) is 6.11. The van der Waals surface area contributed by atoms with Crippen molar-refractivity contribution < 1.29 is 4.52 Å². The van der Waals surface area contributed by atoms with E-state index in [4.69, 9.17) is 4.52 Å². The number of hydrogen-bond donors (Lipinski definition) is 0. The SMILES string of the molecule is Cc1noc(C)c1CN(C)Cn1nccc1-c1cccnc1. The summed E-state index contributed by atoms with van der Waals surface area (Å²) in [7, 11) is 2.06. The van der Waals surface area contributed by atoms with Gasteiger partial charge >= 0.3 is 0 Å². The van der Waals surface area contributed by atoms with Crippen LogP contribution < -0.4 is 0 Å². The van der Waals surface area contributed by atoms with Crippen LogP contribution in [0.1, 0.15) is 17.0 Å². The zero-order chi connectivity index (χ0) is 15.5. The van der Waals surface area contributed by atoms with E-state index in [9.17, 15) is 0 Å². The highest BCUT2D eigenvalue weighted by Gasteiger charge is 2.13. The van der Waals surface area contributed by atoms with Gasteiger partial charge in [0.25, 0.3) is 0 Å². The predicted octanol–water partition coefficient (Wildman–Crippen LogP) is 2.64. The van der Waals surface area contributed by atoms with Crippen molar-refractivity contribution in [1.29, 1.82) is 0 Å². The average Bonchev–Trinajstić information content (AvgIpc) is 3.10. The zero-order valence-corrected chi connectivity index (χ0v) is 13.0. The summed E-state index contributed by atoms with van der Waals surface area (Å²) in [4.78, 5) is 6.35. The van der Waals surface area contributed by atoms with Crippen LogP contribution in [-0.4, -0.2) is 31.9 Å². The minimum Gasteiger partial charge on any atom is -0.361 e. The third-order valence-corrected chi connectivity index (χ3v) is 3.66. The van der Waals surface area contributed by atoms with Crippen LogP contribution in [0.15, 0.2) is 41.3 Å². The van der Waals surface area contributed by atoms with Gasteiger partial charge in [0.15, 0.2) is 0 Å². The van der Waals surface area contributed by atoms with Crippen LogP contribution in [0, 0.1) is 13.8 Å². The molecule has 0 aliphatic rings. The second-order valence-corrected chi connectivity index (χ2v) is 5.42. The smallest absolute Gasteiger partial charge is 0.138 e. The molecule has 114 valence electrons. The van der Waals surface area contributed by atoms with Crippen molar-refractivity contribution in [2.45, 2.75) is 27.1 Å². The molecule has 22 heavy (non-hydrogen) atoms. The molecule has 0 saturated carbocycles. The lowest BCUT2D eigenvalue weighted by Gasteiger charge is -2.18. The van der Waals surface area contributed by atoms with Gasteiger partial charge in [0.2, 0.25) is 0 Å². The van der Waals surface area contributed by atoms with Crippen LogP contribution in [0.25, 0.3) is 11.3 Å². The Morgan fingerprint density at radius 3 is 2.77 bits per heavy atom. The fraction of sp³-hybridized carbons (Fsp3) is 0.312. The summed E-state index contributed by atoms with van der Waals surface area (Å²) >= 11 is 0. The normalized spacial score (nSPS) is 11.3. The summed E-state index contributed by atoms with van der Waals surface area (Å²) in [5.74, 6) is 0.872. The molecule has 0 aliphatic heterocycles. The van der Waals surface area contributed by atoms with Crippen molar-refractivity contribution >= 4 is 0 Å². The molecule has 0 aromatic carbocycles. The van der Waals surface area contributed by atoms with Crippen molar-refractivity contribution in [2.75, 3.05) is 7.05 Å². The van der Waals surface area contributed by atoms with E-state index in [0.717, 1.165) is 34.8 Å². The first kappa shape index (κ1) is 14.5. The van der Waals surface area contributed by atoms with Crippen LogP contribution in [-0.2, 0) is 13.2 Å². The molecule has 0 unspecified atom stereocenters.